The topological polar surface area (TPSA) is 46.3 Å². The van der Waals surface area contributed by atoms with Crippen LogP contribution in [-0.2, 0) is 4.79 Å². The molecule has 1 aromatic carbocycles. The molecule has 20 heavy (non-hydrogen) atoms. The minimum absolute atomic E-state index is 0.0838. The molecule has 1 heterocycles. The largest absolute Gasteiger partial charge is 0.335 e. The molecule has 0 radical (unpaired) electrons. The van der Waals surface area contributed by atoms with Crippen LogP contribution < -0.4 is 5.73 Å². The molecule has 3 atom stereocenters. The van der Waals surface area contributed by atoms with E-state index in [0.29, 0.717) is 31.0 Å². The molecule has 2 N–H and O–H groups in total. The van der Waals surface area contributed by atoms with E-state index < -0.39 is 0 Å². The first-order valence-corrected chi connectivity index (χ1v) is 7.26. The van der Waals surface area contributed by atoms with Crippen LogP contribution in [0.1, 0.15) is 38.3 Å². The molecule has 110 valence electrons. The number of hydrogen-bond donors (Lipinski definition) is 1. The number of halogens is 1. The molecule has 0 bridgehead atoms. The van der Waals surface area contributed by atoms with Crippen molar-refractivity contribution in [2.75, 3.05) is 13.1 Å². The summed E-state index contributed by atoms with van der Waals surface area (Å²) in [7, 11) is 0. The number of amides is 1. The Labute approximate surface area is 120 Å². The normalized spacial score (nSPS) is 23.9. The lowest BCUT2D eigenvalue weighted by atomic mass is 10.00. The van der Waals surface area contributed by atoms with Crippen molar-refractivity contribution >= 4 is 5.91 Å². The lowest BCUT2D eigenvalue weighted by molar-refractivity contribution is -0.133. The van der Waals surface area contributed by atoms with Gasteiger partial charge in [-0.15, -0.1) is 0 Å². The summed E-state index contributed by atoms with van der Waals surface area (Å²) in [4.78, 5) is 14.2. The fourth-order valence-corrected chi connectivity index (χ4v) is 2.86. The molecular formula is C16H23FN2O. The van der Waals surface area contributed by atoms with Gasteiger partial charge in [-0.05, 0) is 30.9 Å². The van der Waals surface area contributed by atoms with Crippen molar-refractivity contribution in [3.8, 4) is 0 Å². The third-order valence-electron chi connectivity index (χ3n) is 4.02. The molecule has 2 rings (SSSR count). The highest BCUT2D eigenvalue weighted by molar-refractivity contribution is 5.77. The molecular weight excluding hydrogens is 255 g/mol. The van der Waals surface area contributed by atoms with E-state index in [9.17, 15) is 9.18 Å². The lowest BCUT2D eigenvalue weighted by Gasteiger charge is -2.26. The summed E-state index contributed by atoms with van der Waals surface area (Å²) in [6.45, 7) is 5.28. The molecule has 0 spiro atoms. The maximum Gasteiger partial charge on any atom is 0.223 e. The Balaban J connectivity index is 2.19. The van der Waals surface area contributed by atoms with Crippen LogP contribution in [-0.4, -0.2) is 23.9 Å². The first-order chi connectivity index (χ1) is 9.52. The predicted octanol–water partition coefficient (Wildman–Crippen LogP) is 2.72. The van der Waals surface area contributed by atoms with Crippen LogP contribution in [0.3, 0.4) is 0 Å². The van der Waals surface area contributed by atoms with Crippen molar-refractivity contribution in [3.63, 3.8) is 0 Å². The van der Waals surface area contributed by atoms with E-state index in [4.69, 9.17) is 5.73 Å². The first-order valence-electron chi connectivity index (χ1n) is 7.26. The zero-order valence-electron chi connectivity index (χ0n) is 12.2. The molecule has 1 saturated heterocycles. The van der Waals surface area contributed by atoms with Crippen LogP contribution in [0.25, 0.3) is 0 Å². The molecule has 4 heteroatoms. The Bertz CT molecular complexity index is 477. The summed E-state index contributed by atoms with van der Waals surface area (Å²) in [5.41, 5.74) is 6.22. The molecule has 3 nitrogen and oxygen atoms in total. The van der Waals surface area contributed by atoms with E-state index in [1.165, 1.54) is 6.07 Å². The van der Waals surface area contributed by atoms with Crippen LogP contribution in [0.2, 0.25) is 0 Å². The highest BCUT2D eigenvalue weighted by Gasteiger charge is 2.35. The Morgan fingerprint density at radius 1 is 1.50 bits per heavy atom. The van der Waals surface area contributed by atoms with Gasteiger partial charge in [0, 0.05) is 18.5 Å². The van der Waals surface area contributed by atoms with Crippen molar-refractivity contribution in [1.82, 2.24) is 4.90 Å². The second-order valence-corrected chi connectivity index (χ2v) is 5.97. The molecule has 0 unspecified atom stereocenters. The van der Waals surface area contributed by atoms with Crippen molar-refractivity contribution in [2.24, 2.45) is 17.6 Å². The number of benzene rings is 1. The second-order valence-electron chi connectivity index (χ2n) is 5.97. The maximum atomic E-state index is 14.0. The third kappa shape index (κ3) is 3.18. The Kier molecular flexibility index (Phi) is 4.76. The molecule has 0 saturated carbocycles. The third-order valence-corrected chi connectivity index (χ3v) is 4.02. The summed E-state index contributed by atoms with van der Waals surface area (Å²) in [5.74, 6) is 0.424. The number of carbonyl (C=O) groups is 1. The summed E-state index contributed by atoms with van der Waals surface area (Å²) in [6, 6.07) is 6.62. The number of nitrogens with two attached hydrogens (primary N) is 1. The molecule has 0 aliphatic carbocycles. The standard InChI is InChI=1S/C16H23FN2O/c1-11(9-18)8-16(20)19-10-12(2)7-15(19)13-5-3-4-6-14(13)17/h3-6,11-12,15H,7-10,18H2,1-2H3/t11-,12+,15-/m0/s1. The van der Waals surface area contributed by atoms with Crippen LogP contribution in [0.5, 0.6) is 0 Å². The minimum atomic E-state index is -0.226. The van der Waals surface area contributed by atoms with E-state index in [2.05, 4.69) is 6.92 Å². The van der Waals surface area contributed by atoms with Crippen molar-refractivity contribution in [1.29, 1.82) is 0 Å². The first kappa shape index (κ1) is 15.0. The smallest absolute Gasteiger partial charge is 0.223 e. The number of hydrogen-bond acceptors (Lipinski definition) is 2. The summed E-state index contributed by atoms with van der Waals surface area (Å²) < 4.78 is 14.0. The molecule has 1 aromatic rings. The predicted molar refractivity (Wildman–Crippen MR) is 77.5 cm³/mol. The fraction of sp³-hybridized carbons (Fsp3) is 0.562. The fourth-order valence-electron chi connectivity index (χ4n) is 2.86. The van der Waals surface area contributed by atoms with Crippen LogP contribution in [0.4, 0.5) is 4.39 Å². The summed E-state index contributed by atoms with van der Waals surface area (Å²) >= 11 is 0. The molecule has 0 aromatic heterocycles. The molecule has 1 amide bonds. The van der Waals surface area contributed by atoms with Crippen LogP contribution in [0.15, 0.2) is 24.3 Å². The van der Waals surface area contributed by atoms with E-state index in [-0.39, 0.29) is 23.7 Å². The summed E-state index contributed by atoms with van der Waals surface area (Å²) in [5, 5.41) is 0. The van der Waals surface area contributed by atoms with E-state index in [1.807, 2.05) is 17.9 Å². The number of nitrogens with zero attached hydrogens (tertiary/aromatic N) is 1. The van der Waals surface area contributed by atoms with Gasteiger partial charge in [0.2, 0.25) is 5.91 Å². The van der Waals surface area contributed by atoms with Gasteiger partial charge in [0.05, 0.1) is 6.04 Å². The number of likely N-dealkylation sites (tertiary alicyclic amines) is 1. The van der Waals surface area contributed by atoms with Gasteiger partial charge >= 0.3 is 0 Å². The molecule has 1 aliphatic rings. The van der Waals surface area contributed by atoms with Gasteiger partial charge in [0.25, 0.3) is 0 Å². The monoisotopic (exact) mass is 278 g/mol. The van der Waals surface area contributed by atoms with E-state index in [1.54, 1.807) is 12.1 Å². The average Bonchev–Trinajstić information content (AvgIpc) is 2.81. The van der Waals surface area contributed by atoms with Crippen molar-refractivity contribution in [2.45, 2.75) is 32.7 Å². The highest BCUT2D eigenvalue weighted by Crippen LogP contribution is 2.36. The second kappa shape index (κ2) is 6.35. The Morgan fingerprint density at radius 3 is 2.85 bits per heavy atom. The highest BCUT2D eigenvalue weighted by atomic mass is 19.1. The van der Waals surface area contributed by atoms with Crippen molar-refractivity contribution < 1.29 is 9.18 Å². The van der Waals surface area contributed by atoms with Gasteiger partial charge in [0.15, 0.2) is 0 Å². The number of carbonyl (C=O) groups excluding carboxylic acids is 1. The zero-order valence-corrected chi connectivity index (χ0v) is 12.2. The van der Waals surface area contributed by atoms with Gasteiger partial charge in [0.1, 0.15) is 5.82 Å². The van der Waals surface area contributed by atoms with Crippen molar-refractivity contribution in [3.05, 3.63) is 35.6 Å². The Hall–Kier alpha value is -1.42. The Morgan fingerprint density at radius 2 is 2.20 bits per heavy atom. The van der Waals surface area contributed by atoms with Crippen LogP contribution >= 0.6 is 0 Å². The zero-order chi connectivity index (χ0) is 14.7. The van der Waals surface area contributed by atoms with Gasteiger partial charge in [-0.2, -0.15) is 0 Å². The van der Waals surface area contributed by atoms with Gasteiger partial charge in [-0.3, -0.25) is 4.79 Å². The number of rotatable bonds is 4. The van der Waals surface area contributed by atoms with Gasteiger partial charge in [-0.1, -0.05) is 32.0 Å². The van der Waals surface area contributed by atoms with E-state index >= 15 is 0 Å². The van der Waals surface area contributed by atoms with Gasteiger partial charge < -0.3 is 10.6 Å². The summed E-state index contributed by atoms with van der Waals surface area (Å²) in [6.07, 6.45) is 1.26. The van der Waals surface area contributed by atoms with Crippen LogP contribution in [0, 0.1) is 17.7 Å². The van der Waals surface area contributed by atoms with E-state index in [0.717, 1.165) is 6.42 Å². The average molecular weight is 278 g/mol. The quantitative estimate of drug-likeness (QED) is 0.920. The molecule has 1 fully saturated rings. The van der Waals surface area contributed by atoms with Gasteiger partial charge in [-0.25, -0.2) is 4.39 Å². The SMILES string of the molecule is C[C@H](CN)CC(=O)N1C[C@H](C)C[C@H]1c1ccccc1F. The molecule has 1 aliphatic heterocycles. The lowest BCUT2D eigenvalue weighted by Crippen LogP contribution is -2.33. The maximum absolute atomic E-state index is 14.0. The minimum Gasteiger partial charge on any atom is -0.335 e.